The predicted molar refractivity (Wildman–Crippen MR) is 101 cm³/mol. The molecule has 2 amide bonds. The van der Waals surface area contributed by atoms with Crippen LogP contribution >= 0.6 is 0 Å². The molecule has 0 radical (unpaired) electrons. The topological polar surface area (TPSA) is 49.9 Å². The van der Waals surface area contributed by atoms with E-state index < -0.39 is 0 Å². The number of benzene rings is 2. The number of ether oxygens (including phenoxy) is 1. The molecule has 0 aliphatic carbocycles. The number of anilines is 1. The zero-order valence-corrected chi connectivity index (χ0v) is 15.2. The van der Waals surface area contributed by atoms with Gasteiger partial charge in [0.2, 0.25) is 5.91 Å². The fourth-order valence-electron chi connectivity index (χ4n) is 3.06. The van der Waals surface area contributed by atoms with Crippen LogP contribution in [0.3, 0.4) is 0 Å². The third kappa shape index (κ3) is 4.04. The first-order valence-corrected chi connectivity index (χ1v) is 8.90. The molecule has 0 saturated carbocycles. The lowest BCUT2D eigenvalue weighted by Gasteiger charge is -2.25. The van der Waals surface area contributed by atoms with Crippen molar-refractivity contribution >= 4 is 17.5 Å². The maximum absolute atomic E-state index is 12.4. The molecule has 0 spiro atoms. The average molecular weight is 352 g/mol. The molecule has 0 N–H and O–H groups in total. The highest BCUT2D eigenvalue weighted by Crippen LogP contribution is 2.24. The molecule has 1 heterocycles. The molecule has 1 atom stereocenters. The van der Waals surface area contributed by atoms with Gasteiger partial charge in [-0.3, -0.25) is 9.59 Å². The quantitative estimate of drug-likeness (QED) is 0.800. The lowest BCUT2D eigenvalue weighted by atomic mass is 10.1. The van der Waals surface area contributed by atoms with Gasteiger partial charge in [0.1, 0.15) is 5.75 Å². The lowest BCUT2D eigenvalue weighted by Crippen LogP contribution is -2.33. The minimum Gasteiger partial charge on any atom is -0.484 e. The highest BCUT2D eigenvalue weighted by molar-refractivity contribution is 5.95. The van der Waals surface area contributed by atoms with Gasteiger partial charge in [0.15, 0.2) is 6.61 Å². The van der Waals surface area contributed by atoms with Crippen molar-refractivity contribution in [3.8, 4) is 5.75 Å². The molecule has 5 nitrogen and oxygen atoms in total. The summed E-state index contributed by atoms with van der Waals surface area (Å²) in [4.78, 5) is 27.6. The minimum absolute atomic E-state index is 0.0177. The maximum Gasteiger partial charge on any atom is 0.260 e. The summed E-state index contributed by atoms with van der Waals surface area (Å²) in [7, 11) is 1.78. The summed E-state index contributed by atoms with van der Waals surface area (Å²) >= 11 is 0. The van der Waals surface area contributed by atoms with Crippen molar-refractivity contribution in [3.63, 3.8) is 0 Å². The molecular formula is C21H24N2O3. The van der Waals surface area contributed by atoms with Crippen LogP contribution in [-0.4, -0.2) is 36.9 Å². The van der Waals surface area contributed by atoms with Gasteiger partial charge < -0.3 is 14.5 Å². The van der Waals surface area contributed by atoms with E-state index in [0.717, 1.165) is 24.2 Å². The lowest BCUT2D eigenvalue weighted by molar-refractivity contribution is -0.134. The second kappa shape index (κ2) is 8.04. The van der Waals surface area contributed by atoms with Crippen LogP contribution in [0.4, 0.5) is 5.69 Å². The number of likely N-dealkylation sites (N-methyl/N-ethyl adjacent to an activating group) is 1. The first-order valence-electron chi connectivity index (χ1n) is 8.90. The molecule has 136 valence electrons. The summed E-state index contributed by atoms with van der Waals surface area (Å²) in [6, 6.07) is 17.2. The van der Waals surface area contributed by atoms with Crippen molar-refractivity contribution in [1.29, 1.82) is 0 Å². The standard InChI is InChI=1S/C21H24N2O3/c1-16(17-7-4-3-5-8-17)22(2)21(25)15-26-19-12-10-18(11-13-19)23-14-6-9-20(23)24/h3-5,7-8,10-13,16H,6,9,14-15H2,1-2H3/t16-/m0/s1. The summed E-state index contributed by atoms with van der Waals surface area (Å²) < 4.78 is 5.62. The van der Waals surface area contributed by atoms with E-state index >= 15 is 0 Å². The molecule has 0 unspecified atom stereocenters. The summed E-state index contributed by atoms with van der Waals surface area (Å²) in [5.41, 5.74) is 1.96. The molecule has 1 aliphatic heterocycles. The number of hydrogen-bond donors (Lipinski definition) is 0. The fourth-order valence-corrected chi connectivity index (χ4v) is 3.06. The van der Waals surface area contributed by atoms with Crippen LogP contribution in [-0.2, 0) is 9.59 Å². The van der Waals surface area contributed by atoms with Crippen molar-refractivity contribution in [2.24, 2.45) is 0 Å². The van der Waals surface area contributed by atoms with E-state index in [-0.39, 0.29) is 24.5 Å². The molecule has 0 aromatic heterocycles. The molecule has 5 heteroatoms. The summed E-state index contributed by atoms with van der Waals surface area (Å²) in [5, 5.41) is 0. The Bertz CT molecular complexity index is 759. The van der Waals surface area contributed by atoms with Crippen molar-refractivity contribution in [1.82, 2.24) is 4.90 Å². The van der Waals surface area contributed by atoms with Crippen LogP contribution in [0.5, 0.6) is 5.75 Å². The Hall–Kier alpha value is -2.82. The van der Waals surface area contributed by atoms with E-state index in [9.17, 15) is 9.59 Å². The van der Waals surface area contributed by atoms with Crippen molar-refractivity contribution in [2.75, 3.05) is 25.1 Å². The number of carbonyl (C=O) groups is 2. The van der Waals surface area contributed by atoms with Crippen LogP contribution in [0.15, 0.2) is 54.6 Å². The summed E-state index contributed by atoms with van der Waals surface area (Å²) in [6.07, 6.45) is 1.51. The predicted octanol–water partition coefficient (Wildman–Crippen LogP) is 3.41. The highest BCUT2D eigenvalue weighted by Gasteiger charge is 2.21. The molecule has 1 aliphatic rings. The van der Waals surface area contributed by atoms with Gasteiger partial charge in [0.25, 0.3) is 5.91 Å². The van der Waals surface area contributed by atoms with Crippen LogP contribution in [0.25, 0.3) is 0 Å². The second-order valence-electron chi connectivity index (χ2n) is 6.52. The smallest absolute Gasteiger partial charge is 0.260 e. The molecule has 2 aromatic rings. The van der Waals surface area contributed by atoms with Crippen LogP contribution in [0, 0.1) is 0 Å². The number of hydrogen-bond acceptors (Lipinski definition) is 3. The third-order valence-electron chi connectivity index (χ3n) is 4.84. The van der Waals surface area contributed by atoms with Gasteiger partial charge in [0.05, 0.1) is 6.04 Å². The van der Waals surface area contributed by atoms with Gasteiger partial charge in [0, 0.05) is 25.7 Å². The van der Waals surface area contributed by atoms with Crippen molar-refractivity contribution in [2.45, 2.75) is 25.8 Å². The number of amides is 2. The fraction of sp³-hybridized carbons (Fsp3) is 0.333. The number of carbonyl (C=O) groups excluding carboxylic acids is 2. The van der Waals surface area contributed by atoms with E-state index in [1.807, 2.05) is 49.4 Å². The first kappa shape index (κ1) is 18.0. The van der Waals surface area contributed by atoms with Crippen molar-refractivity contribution in [3.05, 3.63) is 60.2 Å². The Morgan fingerprint density at radius 2 is 1.85 bits per heavy atom. The molecular weight excluding hydrogens is 328 g/mol. The Morgan fingerprint density at radius 3 is 2.46 bits per heavy atom. The zero-order valence-electron chi connectivity index (χ0n) is 15.2. The van der Waals surface area contributed by atoms with Crippen LogP contribution < -0.4 is 9.64 Å². The van der Waals surface area contributed by atoms with E-state index in [2.05, 4.69) is 0 Å². The maximum atomic E-state index is 12.4. The molecule has 26 heavy (non-hydrogen) atoms. The minimum atomic E-state index is -0.0832. The Balaban J connectivity index is 1.55. The summed E-state index contributed by atoms with van der Waals surface area (Å²) in [5.74, 6) is 0.694. The summed E-state index contributed by atoms with van der Waals surface area (Å²) in [6.45, 7) is 2.74. The largest absolute Gasteiger partial charge is 0.484 e. The van der Waals surface area contributed by atoms with Gasteiger partial charge in [-0.1, -0.05) is 30.3 Å². The molecule has 1 fully saturated rings. The second-order valence-corrected chi connectivity index (χ2v) is 6.52. The van der Waals surface area contributed by atoms with E-state index in [4.69, 9.17) is 4.74 Å². The Labute approximate surface area is 154 Å². The SMILES string of the molecule is C[C@@H](c1ccccc1)N(C)C(=O)COc1ccc(N2CCCC2=O)cc1. The molecule has 3 rings (SSSR count). The van der Waals surface area contributed by atoms with Crippen LogP contribution in [0.1, 0.15) is 31.4 Å². The molecule has 1 saturated heterocycles. The van der Waals surface area contributed by atoms with E-state index in [0.29, 0.717) is 12.2 Å². The number of rotatable bonds is 6. The monoisotopic (exact) mass is 352 g/mol. The first-order chi connectivity index (χ1) is 12.6. The Morgan fingerprint density at radius 1 is 1.15 bits per heavy atom. The Kier molecular flexibility index (Phi) is 5.56. The molecule has 2 aromatic carbocycles. The van der Waals surface area contributed by atoms with Gasteiger partial charge in [-0.05, 0) is 43.2 Å². The van der Waals surface area contributed by atoms with Gasteiger partial charge in [-0.2, -0.15) is 0 Å². The van der Waals surface area contributed by atoms with E-state index in [1.54, 1.807) is 29.0 Å². The van der Waals surface area contributed by atoms with Gasteiger partial charge in [-0.15, -0.1) is 0 Å². The number of nitrogens with zero attached hydrogens (tertiary/aromatic N) is 2. The highest BCUT2D eigenvalue weighted by atomic mass is 16.5. The normalized spacial score (nSPS) is 15.0. The third-order valence-corrected chi connectivity index (χ3v) is 4.84. The molecule has 0 bridgehead atoms. The van der Waals surface area contributed by atoms with E-state index in [1.165, 1.54) is 0 Å². The van der Waals surface area contributed by atoms with Gasteiger partial charge in [-0.25, -0.2) is 0 Å². The van der Waals surface area contributed by atoms with Crippen LogP contribution in [0.2, 0.25) is 0 Å². The zero-order chi connectivity index (χ0) is 18.5. The average Bonchev–Trinajstić information content (AvgIpc) is 3.12. The van der Waals surface area contributed by atoms with Crippen molar-refractivity contribution < 1.29 is 14.3 Å². The van der Waals surface area contributed by atoms with Gasteiger partial charge >= 0.3 is 0 Å².